The fourth-order valence-corrected chi connectivity index (χ4v) is 2.12. The largest absolute Gasteiger partial charge is 0.395 e. The first-order valence-electron chi connectivity index (χ1n) is 6.25. The maximum Gasteiger partial charge on any atom is 0.0581 e. The van der Waals surface area contributed by atoms with Crippen LogP contribution in [0.4, 0.5) is 0 Å². The molecular formula is C12H26N2O. The molecule has 1 aliphatic heterocycles. The molecule has 3 unspecified atom stereocenters. The Labute approximate surface area is 93.9 Å². The van der Waals surface area contributed by atoms with Gasteiger partial charge in [0.05, 0.1) is 6.61 Å². The van der Waals surface area contributed by atoms with Crippen LogP contribution >= 0.6 is 0 Å². The van der Waals surface area contributed by atoms with E-state index in [0.29, 0.717) is 0 Å². The average molecular weight is 214 g/mol. The molecule has 1 aliphatic rings. The molecule has 2 N–H and O–H groups in total. The number of aliphatic hydroxyl groups is 1. The van der Waals surface area contributed by atoms with Gasteiger partial charge in [0, 0.05) is 18.6 Å². The number of rotatable bonds is 6. The molecule has 0 aromatic heterocycles. The van der Waals surface area contributed by atoms with Crippen molar-refractivity contribution in [3.05, 3.63) is 0 Å². The van der Waals surface area contributed by atoms with Gasteiger partial charge in [-0.3, -0.25) is 0 Å². The summed E-state index contributed by atoms with van der Waals surface area (Å²) >= 11 is 0. The molecule has 3 atom stereocenters. The molecule has 0 radical (unpaired) electrons. The van der Waals surface area contributed by atoms with E-state index in [0.717, 1.165) is 18.5 Å². The Morgan fingerprint density at radius 3 is 2.80 bits per heavy atom. The molecule has 0 spiro atoms. The lowest BCUT2D eigenvalue weighted by Crippen LogP contribution is -2.36. The molecule has 1 rings (SSSR count). The molecular weight excluding hydrogens is 188 g/mol. The Kier molecular flexibility index (Phi) is 5.58. The zero-order valence-electron chi connectivity index (χ0n) is 10.4. The summed E-state index contributed by atoms with van der Waals surface area (Å²) in [5.41, 5.74) is 0. The molecule has 0 aromatic carbocycles. The number of hydrogen-bond acceptors (Lipinski definition) is 3. The van der Waals surface area contributed by atoms with Crippen LogP contribution in [-0.2, 0) is 0 Å². The van der Waals surface area contributed by atoms with E-state index in [2.05, 4.69) is 24.1 Å². The summed E-state index contributed by atoms with van der Waals surface area (Å²) in [6.45, 7) is 10.4. The van der Waals surface area contributed by atoms with Gasteiger partial charge in [-0.05, 0) is 45.7 Å². The first-order valence-corrected chi connectivity index (χ1v) is 6.25. The molecule has 15 heavy (non-hydrogen) atoms. The van der Waals surface area contributed by atoms with Crippen molar-refractivity contribution in [1.82, 2.24) is 10.2 Å². The first kappa shape index (κ1) is 12.9. The van der Waals surface area contributed by atoms with Crippen molar-refractivity contribution < 1.29 is 5.11 Å². The molecule has 0 bridgehead atoms. The topological polar surface area (TPSA) is 35.5 Å². The lowest BCUT2D eigenvalue weighted by molar-refractivity contribution is 0.231. The summed E-state index contributed by atoms with van der Waals surface area (Å²) in [7, 11) is 0. The van der Waals surface area contributed by atoms with E-state index in [1.807, 2.05) is 6.92 Å². The van der Waals surface area contributed by atoms with Gasteiger partial charge in [-0.15, -0.1) is 0 Å². The number of likely N-dealkylation sites (tertiary alicyclic amines) is 1. The zero-order chi connectivity index (χ0) is 11.3. The van der Waals surface area contributed by atoms with Crippen molar-refractivity contribution in [3.8, 4) is 0 Å². The van der Waals surface area contributed by atoms with Crippen molar-refractivity contribution >= 4 is 0 Å². The van der Waals surface area contributed by atoms with Gasteiger partial charge in [-0.2, -0.15) is 0 Å². The Morgan fingerprint density at radius 1 is 1.47 bits per heavy atom. The number of nitrogens with zero attached hydrogens (tertiary/aromatic N) is 1. The van der Waals surface area contributed by atoms with Gasteiger partial charge in [0.2, 0.25) is 0 Å². The van der Waals surface area contributed by atoms with Crippen molar-refractivity contribution in [3.63, 3.8) is 0 Å². The minimum atomic E-state index is 0.238. The predicted molar refractivity (Wildman–Crippen MR) is 64.0 cm³/mol. The van der Waals surface area contributed by atoms with Crippen LogP contribution in [0.5, 0.6) is 0 Å². The summed E-state index contributed by atoms with van der Waals surface area (Å²) in [4.78, 5) is 2.58. The number of aliphatic hydroxyl groups excluding tert-OH is 1. The summed E-state index contributed by atoms with van der Waals surface area (Å²) in [6.07, 6.45) is 2.54. The van der Waals surface area contributed by atoms with Crippen molar-refractivity contribution in [2.24, 2.45) is 5.92 Å². The standard InChI is InChI=1S/C12H26N2O/c1-4-11(3)14-6-5-12(8-14)7-13-10(2)9-15/h10-13,15H,4-9H2,1-3H3. The predicted octanol–water partition coefficient (Wildman–Crippen LogP) is 1.08. The van der Waals surface area contributed by atoms with Gasteiger partial charge in [0.25, 0.3) is 0 Å². The highest BCUT2D eigenvalue weighted by Crippen LogP contribution is 2.19. The van der Waals surface area contributed by atoms with Crippen molar-refractivity contribution in [2.45, 2.75) is 45.7 Å². The second-order valence-electron chi connectivity index (χ2n) is 4.90. The molecule has 0 aliphatic carbocycles. The van der Waals surface area contributed by atoms with Crippen LogP contribution < -0.4 is 5.32 Å². The van der Waals surface area contributed by atoms with E-state index in [4.69, 9.17) is 5.11 Å². The van der Waals surface area contributed by atoms with Gasteiger partial charge >= 0.3 is 0 Å². The first-order chi connectivity index (χ1) is 7.17. The highest BCUT2D eigenvalue weighted by atomic mass is 16.3. The third-order valence-electron chi connectivity index (χ3n) is 3.56. The summed E-state index contributed by atoms with van der Waals surface area (Å²) < 4.78 is 0. The molecule has 1 fully saturated rings. The normalized spacial score (nSPS) is 26.8. The smallest absolute Gasteiger partial charge is 0.0581 e. The third kappa shape index (κ3) is 4.09. The van der Waals surface area contributed by atoms with Crippen LogP contribution in [0.25, 0.3) is 0 Å². The van der Waals surface area contributed by atoms with E-state index in [-0.39, 0.29) is 12.6 Å². The fourth-order valence-electron chi connectivity index (χ4n) is 2.12. The second-order valence-corrected chi connectivity index (χ2v) is 4.90. The summed E-state index contributed by atoms with van der Waals surface area (Å²) in [5, 5.41) is 12.3. The molecule has 0 aromatic rings. The van der Waals surface area contributed by atoms with Gasteiger partial charge in [-0.25, -0.2) is 0 Å². The Bertz CT molecular complexity index is 175. The van der Waals surface area contributed by atoms with E-state index in [1.165, 1.54) is 25.9 Å². The summed E-state index contributed by atoms with van der Waals surface area (Å²) in [5.74, 6) is 0.771. The second kappa shape index (κ2) is 6.46. The lowest BCUT2D eigenvalue weighted by atomic mass is 10.1. The molecule has 3 heteroatoms. The van der Waals surface area contributed by atoms with E-state index in [1.54, 1.807) is 0 Å². The van der Waals surface area contributed by atoms with Crippen LogP contribution in [0.3, 0.4) is 0 Å². The van der Waals surface area contributed by atoms with Crippen LogP contribution in [0.2, 0.25) is 0 Å². The average Bonchev–Trinajstić information content (AvgIpc) is 2.73. The highest BCUT2D eigenvalue weighted by Gasteiger charge is 2.24. The van der Waals surface area contributed by atoms with Crippen LogP contribution in [-0.4, -0.2) is 48.3 Å². The number of hydrogen-bond donors (Lipinski definition) is 2. The number of nitrogens with one attached hydrogen (secondary N) is 1. The fraction of sp³-hybridized carbons (Fsp3) is 1.00. The zero-order valence-corrected chi connectivity index (χ0v) is 10.4. The molecule has 90 valence electrons. The maximum atomic E-state index is 8.91. The summed E-state index contributed by atoms with van der Waals surface area (Å²) in [6, 6.07) is 0.966. The molecule has 0 amide bonds. The Morgan fingerprint density at radius 2 is 2.20 bits per heavy atom. The minimum absolute atomic E-state index is 0.238. The molecule has 1 heterocycles. The van der Waals surface area contributed by atoms with Gasteiger partial charge in [0.15, 0.2) is 0 Å². The molecule has 1 saturated heterocycles. The highest BCUT2D eigenvalue weighted by molar-refractivity contribution is 4.80. The van der Waals surface area contributed by atoms with Crippen molar-refractivity contribution in [2.75, 3.05) is 26.2 Å². The SMILES string of the molecule is CCC(C)N1CCC(CNC(C)CO)C1. The Hall–Kier alpha value is -0.120. The van der Waals surface area contributed by atoms with Crippen LogP contribution in [0.15, 0.2) is 0 Å². The van der Waals surface area contributed by atoms with Crippen LogP contribution in [0, 0.1) is 5.92 Å². The van der Waals surface area contributed by atoms with Crippen molar-refractivity contribution in [1.29, 1.82) is 0 Å². The van der Waals surface area contributed by atoms with E-state index < -0.39 is 0 Å². The maximum absolute atomic E-state index is 8.91. The molecule has 0 saturated carbocycles. The minimum Gasteiger partial charge on any atom is -0.395 e. The molecule has 3 nitrogen and oxygen atoms in total. The Balaban J connectivity index is 2.19. The van der Waals surface area contributed by atoms with Gasteiger partial charge < -0.3 is 15.3 Å². The monoisotopic (exact) mass is 214 g/mol. The van der Waals surface area contributed by atoms with Gasteiger partial charge in [-0.1, -0.05) is 6.92 Å². The lowest BCUT2D eigenvalue weighted by Gasteiger charge is -2.23. The van der Waals surface area contributed by atoms with Gasteiger partial charge in [0.1, 0.15) is 0 Å². The van der Waals surface area contributed by atoms with E-state index >= 15 is 0 Å². The third-order valence-corrected chi connectivity index (χ3v) is 3.56. The quantitative estimate of drug-likeness (QED) is 0.694. The van der Waals surface area contributed by atoms with Crippen LogP contribution in [0.1, 0.15) is 33.6 Å². The van der Waals surface area contributed by atoms with E-state index in [9.17, 15) is 0 Å².